The fourth-order valence-electron chi connectivity index (χ4n) is 2.09. The number of fused-ring (bicyclic) bond motifs is 1. The summed E-state index contributed by atoms with van der Waals surface area (Å²) in [4.78, 5) is 13.5. The first-order valence-corrected chi connectivity index (χ1v) is 5.76. The summed E-state index contributed by atoms with van der Waals surface area (Å²) in [6.45, 7) is 3.45. The summed E-state index contributed by atoms with van der Waals surface area (Å²) < 4.78 is 4.87. The van der Waals surface area contributed by atoms with Crippen LogP contribution in [0.5, 0.6) is 0 Å². The predicted molar refractivity (Wildman–Crippen MR) is 65.2 cm³/mol. The highest BCUT2D eigenvalue weighted by Gasteiger charge is 2.23. The van der Waals surface area contributed by atoms with Crippen LogP contribution in [-0.4, -0.2) is 24.5 Å². The lowest BCUT2D eigenvalue weighted by molar-refractivity contribution is -0.135. The second-order valence-corrected chi connectivity index (χ2v) is 4.50. The van der Waals surface area contributed by atoms with Gasteiger partial charge in [0.15, 0.2) is 0 Å². The van der Waals surface area contributed by atoms with Gasteiger partial charge in [-0.1, -0.05) is 18.2 Å². The van der Waals surface area contributed by atoms with Crippen molar-refractivity contribution in [3.05, 3.63) is 34.9 Å². The third-order valence-electron chi connectivity index (χ3n) is 3.10. The van der Waals surface area contributed by atoms with Crippen LogP contribution in [0.3, 0.4) is 0 Å². The number of hydrogen-bond acceptors (Lipinski definition) is 3. The van der Waals surface area contributed by atoms with Crippen LogP contribution in [0, 0.1) is 0 Å². The molecule has 1 atom stereocenters. The minimum Gasteiger partial charge on any atom is -0.375 e. The Morgan fingerprint density at radius 1 is 1.47 bits per heavy atom. The van der Waals surface area contributed by atoms with Gasteiger partial charge in [-0.15, -0.1) is 0 Å². The van der Waals surface area contributed by atoms with E-state index in [4.69, 9.17) is 10.5 Å². The molecular formula is C13H18N2O2. The Balaban J connectivity index is 2.14. The zero-order valence-electron chi connectivity index (χ0n) is 10.3. The molecule has 0 saturated heterocycles. The molecule has 1 aliphatic heterocycles. The molecule has 4 heteroatoms. The quantitative estimate of drug-likeness (QED) is 0.854. The predicted octanol–water partition coefficient (Wildman–Crippen LogP) is 1.19. The van der Waals surface area contributed by atoms with Gasteiger partial charge in [0.2, 0.25) is 5.91 Å². The third-order valence-corrected chi connectivity index (χ3v) is 3.10. The Bertz CT molecular complexity index is 429. The normalized spacial score (nSPS) is 15.8. The van der Waals surface area contributed by atoms with E-state index in [1.165, 1.54) is 18.2 Å². The summed E-state index contributed by atoms with van der Waals surface area (Å²) in [7, 11) is 1.54. The number of amides is 1. The Labute approximate surface area is 101 Å². The van der Waals surface area contributed by atoms with E-state index >= 15 is 0 Å². The second kappa shape index (κ2) is 4.85. The van der Waals surface area contributed by atoms with Crippen LogP contribution in [0.25, 0.3) is 0 Å². The minimum absolute atomic E-state index is 0.0315. The average molecular weight is 234 g/mol. The third kappa shape index (κ3) is 2.48. The van der Waals surface area contributed by atoms with Crippen LogP contribution >= 0.6 is 0 Å². The summed E-state index contributed by atoms with van der Waals surface area (Å²) >= 11 is 0. The van der Waals surface area contributed by atoms with E-state index in [1.807, 2.05) is 13.0 Å². The Kier molecular flexibility index (Phi) is 3.45. The monoisotopic (exact) mass is 234 g/mol. The highest BCUT2D eigenvalue weighted by molar-refractivity contribution is 5.78. The van der Waals surface area contributed by atoms with Gasteiger partial charge in [-0.25, -0.2) is 0 Å². The molecule has 1 aromatic carbocycles. The van der Waals surface area contributed by atoms with Crippen LogP contribution in [0.2, 0.25) is 0 Å². The van der Waals surface area contributed by atoms with Crippen molar-refractivity contribution >= 4 is 5.91 Å². The maximum atomic E-state index is 11.7. The highest BCUT2D eigenvalue weighted by Crippen LogP contribution is 2.25. The molecule has 4 nitrogen and oxygen atoms in total. The van der Waals surface area contributed by atoms with E-state index in [-0.39, 0.29) is 18.6 Å². The summed E-state index contributed by atoms with van der Waals surface area (Å²) in [5.74, 6) is 0.0334. The molecule has 0 spiro atoms. The van der Waals surface area contributed by atoms with Gasteiger partial charge in [-0.2, -0.15) is 0 Å². The van der Waals surface area contributed by atoms with Crippen molar-refractivity contribution in [3.63, 3.8) is 0 Å². The number of nitrogens with zero attached hydrogens (tertiary/aromatic N) is 1. The number of carbonyl (C=O) groups excluding carboxylic acids is 1. The van der Waals surface area contributed by atoms with Crippen LogP contribution in [0.1, 0.15) is 29.7 Å². The number of ether oxygens (including phenoxy) is 1. The fourth-order valence-corrected chi connectivity index (χ4v) is 2.09. The molecule has 0 aliphatic carbocycles. The summed E-state index contributed by atoms with van der Waals surface area (Å²) in [5.41, 5.74) is 9.37. The molecule has 92 valence electrons. The number of nitrogens with two attached hydrogens (primary N) is 1. The number of methoxy groups -OCH3 is 1. The van der Waals surface area contributed by atoms with Gasteiger partial charge in [0.05, 0.1) is 0 Å². The number of rotatable bonds is 3. The van der Waals surface area contributed by atoms with Crippen molar-refractivity contribution in [2.24, 2.45) is 5.73 Å². The maximum Gasteiger partial charge on any atom is 0.249 e. The van der Waals surface area contributed by atoms with Crippen molar-refractivity contribution in [2.45, 2.75) is 26.1 Å². The van der Waals surface area contributed by atoms with Gasteiger partial charge in [0.1, 0.15) is 6.61 Å². The fraction of sp³-hybridized carbons (Fsp3) is 0.462. The molecule has 1 heterocycles. The minimum atomic E-state index is 0.0315. The topological polar surface area (TPSA) is 55.6 Å². The first-order chi connectivity index (χ1) is 8.11. The van der Waals surface area contributed by atoms with Crippen molar-refractivity contribution < 1.29 is 9.53 Å². The molecule has 1 aliphatic rings. The number of carbonyl (C=O) groups is 1. The van der Waals surface area contributed by atoms with E-state index in [0.717, 1.165) is 5.56 Å². The second-order valence-electron chi connectivity index (χ2n) is 4.50. The summed E-state index contributed by atoms with van der Waals surface area (Å²) in [6.07, 6.45) is 0. The van der Waals surface area contributed by atoms with E-state index in [1.54, 1.807) is 4.90 Å². The van der Waals surface area contributed by atoms with Gasteiger partial charge in [-0.3, -0.25) is 4.79 Å². The molecule has 0 radical (unpaired) electrons. The van der Waals surface area contributed by atoms with Crippen LogP contribution in [-0.2, 0) is 22.6 Å². The van der Waals surface area contributed by atoms with Gasteiger partial charge in [0.25, 0.3) is 0 Å². The van der Waals surface area contributed by atoms with Crippen LogP contribution < -0.4 is 5.73 Å². The smallest absolute Gasteiger partial charge is 0.249 e. The molecule has 0 aromatic heterocycles. The van der Waals surface area contributed by atoms with E-state index in [2.05, 4.69) is 12.1 Å². The van der Waals surface area contributed by atoms with Gasteiger partial charge >= 0.3 is 0 Å². The zero-order valence-corrected chi connectivity index (χ0v) is 10.3. The summed E-state index contributed by atoms with van der Waals surface area (Å²) in [5, 5.41) is 0. The maximum absolute atomic E-state index is 11.7. The molecule has 0 saturated carbocycles. The Hall–Kier alpha value is -1.39. The summed E-state index contributed by atoms with van der Waals surface area (Å²) in [6, 6.07) is 6.23. The molecule has 2 rings (SSSR count). The SMILES string of the molecule is COCC(=O)N1Cc2ccc(C(C)N)cc2C1. The molecule has 0 bridgehead atoms. The largest absolute Gasteiger partial charge is 0.375 e. The van der Waals surface area contributed by atoms with Gasteiger partial charge in [-0.05, 0) is 23.6 Å². The van der Waals surface area contributed by atoms with Gasteiger partial charge in [0, 0.05) is 26.2 Å². The standard InChI is InChI=1S/C13H18N2O2/c1-9(14)10-3-4-11-6-15(7-12(11)5-10)13(16)8-17-2/h3-5,9H,6-8,14H2,1-2H3. The molecule has 1 aromatic rings. The molecule has 2 N–H and O–H groups in total. The number of benzene rings is 1. The van der Waals surface area contributed by atoms with Gasteiger partial charge < -0.3 is 15.4 Å². The lowest BCUT2D eigenvalue weighted by Crippen LogP contribution is -2.28. The molecule has 0 fully saturated rings. The first kappa shape index (κ1) is 12.1. The van der Waals surface area contributed by atoms with Crippen LogP contribution in [0.4, 0.5) is 0 Å². The number of hydrogen-bond donors (Lipinski definition) is 1. The van der Waals surface area contributed by atoms with Crippen molar-refractivity contribution in [1.82, 2.24) is 4.90 Å². The average Bonchev–Trinajstić information content (AvgIpc) is 2.71. The lowest BCUT2D eigenvalue weighted by atomic mass is 10.0. The molecule has 1 unspecified atom stereocenters. The lowest BCUT2D eigenvalue weighted by Gasteiger charge is -2.14. The van der Waals surface area contributed by atoms with Crippen LogP contribution in [0.15, 0.2) is 18.2 Å². The highest BCUT2D eigenvalue weighted by atomic mass is 16.5. The van der Waals surface area contributed by atoms with Crippen molar-refractivity contribution in [1.29, 1.82) is 0 Å². The molecular weight excluding hydrogens is 216 g/mol. The molecule has 1 amide bonds. The van der Waals surface area contributed by atoms with Crippen molar-refractivity contribution in [2.75, 3.05) is 13.7 Å². The molecule has 17 heavy (non-hydrogen) atoms. The van der Waals surface area contributed by atoms with Crippen molar-refractivity contribution in [3.8, 4) is 0 Å². The zero-order chi connectivity index (χ0) is 12.4. The van der Waals surface area contributed by atoms with E-state index in [0.29, 0.717) is 13.1 Å². The first-order valence-electron chi connectivity index (χ1n) is 5.76. The van der Waals surface area contributed by atoms with E-state index in [9.17, 15) is 4.79 Å². The Morgan fingerprint density at radius 2 is 2.18 bits per heavy atom. The van der Waals surface area contributed by atoms with E-state index < -0.39 is 0 Å². The Morgan fingerprint density at radius 3 is 2.82 bits per heavy atom.